The van der Waals surface area contributed by atoms with Gasteiger partial charge in [-0.25, -0.2) is 4.68 Å². The minimum Gasteiger partial charge on any atom is -0.299 e. The molecule has 0 aliphatic carbocycles. The highest BCUT2D eigenvalue weighted by atomic mass is 19.4. The van der Waals surface area contributed by atoms with Gasteiger partial charge in [0.15, 0.2) is 0 Å². The predicted molar refractivity (Wildman–Crippen MR) is 95.6 cm³/mol. The number of benzene rings is 2. The fourth-order valence-corrected chi connectivity index (χ4v) is 3.07. The van der Waals surface area contributed by atoms with Gasteiger partial charge >= 0.3 is 6.18 Å². The van der Waals surface area contributed by atoms with Crippen LogP contribution in [0.3, 0.4) is 0 Å². The van der Waals surface area contributed by atoms with Crippen molar-refractivity contribution in [1.82, 2.24) is 9.78 Å². The molecule has 1 aromatic heterocycles. The van der Waals surface area contributed by atoms with Crippen molar-refractivity contribution in [3.8, 4) is 0 Å². The molecule has 27 heavy (non-hydrogen) atoms. The SMILES string of the molecule is Cc1ccc(CC(=O)Cc2nn(C)c(=O)c3ccccc23)cc1C(F)(F)F. The number of alkyl halides is 3. The third-order valence-electron chi connectivity index (χ3n) is 4.41. The summed E-state index contributed by atoms with van der Waals surface area (Å²) in [6.07, 6.45) is -4.66. The quantitative estimate of drug-likeness (QED) is 0.701. The number of nitrogens with zero attached hydrogens (tertiary/aromatic N) is 2. The second kappa shape index (κ2) is 6.98. The highest BCUT2D eigenvalue weighted by molar-refractivity contribution is 5.90. The summed E-state index contributed by atoms with van der Waals surface area (Å²) >= 11 is 0. The minimum atomic E-state index is -4.46. The number of halogens is 3. The van der Waals surface area contributed by atoms with E-state index in [2.05, 4.69) is 5.10 Å². The van der Waals surface area contributed by atoms with Crippen LogP contribution in [-0.2, 0) is 30.9 Å². The van der Waals surface area contributed by atoms with E-state index in [1.165, 1.54) is 30.8 Å². The first-order chi connectivity index (χ1) is 12.7. The summed E-state index contributed by atoms with van der Waals surface area (Å²) in [6, 6.07) is 10.7. The van der Waals surface area contributed by atoms with Gasteiger partial charge in [0, 0.05) is 18.9 Å². The van der Waals surface area contributed by atoms with E-state index in [9.17, 15) is 22.8 Å². The molecule has 1 heterocycles. The molecule has 4 nitrogen and oxygen atoms in total. The average molecular weight is 374 g/mol. The number of carbonyl (C=O) groups excluding carboxylic acids is 1. The van der Waals surface area contributed by atoms with Gasteiger partial charge in [-0.15, -0.1) is 0 Å². The Labute approximate surface area is 153 Å². The van der Waals surface area contributed by atoms with E-state index in [1.807, 2.05) is 0 Å². The number of rotatable bonds is 4. The van der Waals surface area contributed by atoms with Crippen molar-refractivity contribution in [2.75, 3.05) is 0 Å². The third-order valence-corrected chi connectivity index (χ3v) is 4.41. The van der Waals surface area contributed by atoms with Crippen molar-refractivity contribution in [3.63, 3.8) is 0 Å². The fourth-order valence-electron chi connectivity index (χ4n) is 3.07. The van der Waals surface area contributed by atoms with Crippen molar-refractivity contribution >= 4 is 16.6 Å². The molecule has 0 amide bonds. The largest absolute Gasteiger partial charge is 0.416 e. The molecule has 0 atom stereocenters. The molecule has 0 fully saturated rings. The Hall–Kier alpha value is -2.96. The maximum Gasteiger partial charge on any atom is 0.416 e. The van der Waals surface area contributed by atoms with Gasteiger partial charge < -0.3 is 0 Å². The number of Topliss-reactive ketones (excluding diaryl/α,β-unsaturated/α-hetero) is 1. The van der Waals surface area contributed by atoms with Crippen LogP contribution in [0.2, 0.25) is 0 Å². The molecule has 0 spiro atoms. The Morgan fingerprint density at radius 2 is 1.74 bits per heavy atom. The van der Waals surface area contributed by atoms with E-state index in [-0.39, 0.29) is 29.7 Å². The lowest BCUT2D eigenvalue weighted by molar-refractivity contribution is -0.138. The molecule has 3 aromatic rings. The summed E-state index contributed by atoms with van der Waals surface area (Å²) in [5.41, 5.74) is -0.161. The molecular weight excluding hydrogens is 357 g/mol. The zero-order valence-electron chi connectivity index (χ0n) is 14.8. The number of aryl methyl sites for hydroxylation is 2. The zero-order valence-corrected chi connectivity index (χ0v) is 14.8. The molecule has 0 unspecified atom stereocenters. The number of fused-ring (bicyclic) bond motifs is 1. The van der Waals surface area contributed by atoms with Crippen molar-refractivity contribution in [3.05, 3.63) is 75.2 Å². The number of carbonyl (C=O) groups is 1. The smallest absolute Gasteiger partial charge is 0.299 e. The number of hydrogen-bond donors (Lipinski definition) is 0. The Morgan fingerprint density at radius 1 is 1.07 bits per heavy atom. The molecule has 0 bridgehead atoms. The van der Waals surface area contributed by atoms with Gasteiger partial charge in [-0.3, -0.25) is 9.59 Å². The summed E-state index contributed by atoms with van der Waals surface area (Å²) in [5, 5.41) is 5.19. The molecule has 3 rings (SSSR count). The maximum absolute atomic E-state index is 13.0. The van der Waals surface area contributed by atoms with Gasteiger partial charge in [0.05, 0.1) is 23.1 Å². The zero-order chi connectivity index (χ0) is 19.8. The second-order valence-corrected chi connectivity index (χ2v) is 6.46. The Balaban J connectivity index is 1.89. The van der Waals surface area contributed by atoms with Gasteiger partial charge in [0.2, 0.25) is 0 Å². The molecule has 0 aliphatic heterocycles. The van der Waals surface area contributed by atoms with Crippen LogP contribution >= 0.6 is 0 Å². The van der Waals surface area contributed by atoms with Crippen molar-refractivity contribution in [1.29, 1.82) is 0 Å². The Kier molecular flexibility index (Phi) is 4.87. The average Bonchev–Trinajstić information content (AvgIpc) is 2.60. The molecule has 0 aliphatic rings. The summed E-state index contributed by atoms with van der Waals surface area (Å²) in [5.74, 6) is -0.275. The van der Waals surface area contributed by atoms with Gasteiger partial charge in [0.25, 0.3) is 5.56 Å². The molecule has 7 heteroatoms. The first kappa shape index (κ1) is 18.8. The first-order valence-electron chi connectivity index (χ1n) is 8.30. The summed E-state index contributed by atoms with van der Waals surface area (Å²) < 4.78 is 40.3. The van der Waals surface area contributed by atoms with Gasteiger partial charge in [0.1, 0.15) is 5.78 Å². The highest BCUT2D eigenvalue weighted by Gasteiger charge is 2.32. The molecule has 0 radical (unpaired) electrons. The van der Waals surface area contributed by atoms with Crippen LogP contribution in [0.15, 0.2) is 47.3 Å². The van der Waals surface area contributed by atoms with E-state index < -0.39 is 11.7 Å². The number of ketones is 1. The van der Waals surface area contributed by atoms with Crippen molar-refractivity contribution < 1.29 is 18.0 Å². The van der Waals surface area contributed by atoms with Crippen LogP contribution in [0.5, 0.6) is 0 Å². The van der Waals surface area contributed by atoms with E-state index in [1.54, 1.807) is 24.3 Å². The van der Waals surface area contributed by atoms with Crippen LogP contribution < -0.4 is 5.56 Å². The lowest BCUT2D eigenvalue weighted by atomic mass is 9.99. The lowest BCUT2D eigenvalue weighted by Crippen LogP contribution is -2.22. The van der Waals surface area contributed by atoms with Gasteiger partial charge in [-0.1, -0.05) is 30.3 Å². The van der Waals surface area contributed by atoms with Crippen LogP contribution in [0, 0.1) is 6.92 Å². The fraction of sp³-hybridized carbons (Fsp3) is 0.250. The van der Waals surface area contributed by atoms with Crippen LogP contribution in [0.1, 0.15) is 22.4 Å². The van der Waals surface area contributed by atoms with Crippen molar-refractivity contribution in [2.24, 2.45) is 7.05 Å². The molecule has 0 N–H and O–H groups in total. The monoisotopic (exact) mass is 374 g/mol. The Bertz CT molecular complexity index is 1080. The Morgan fingerprint density at radius 3 is 2.41 bits per heavy atom. The molecule has 0 saturated heterocycles. The minimum absolute atomic E-state index is 0.0656. The summed E-state index contributed by atoms with van der Waals surface area (Å²) in [4.78, 5) is 24.6. The summed E-state index contributed by atoms with van der Waals surface area (Å²) in [7, 11) is 1.50. The number of hydrogen-bond acceptors (Lipinski definition) is 3. The molecular formula is C20H17F3N2O2. The highest BCUT2D eigenvalue weighted by Crippen LogP contribution is 2.32. The second-order valence-electron chi connectivity index (χ2n) is 6.46. The topological polar surface area (TPSA) is 52.0 Å². The third kappa shape index (κ3) is 3.92. The molecule has 0 saturated carbocycles. The van der Waals surface area contributed by atoms with E-state index in [0.29, 0.717) is 22.0 Å². The van der Waals surface area contributed by atoms with Crippen LogP contribution in [0.25, 0.3) is 10.8 Å². The van der Waals surface area contributed by atoms with E-state index >= 15 is 0 Å². The van der Waals surface area contributed by atoms with Gasteiger partial charge in [-0.05, 0) is 30.2 Å². The first-order valence-corrected chi connectivity index (χ1v) is 8.30. The van der Waals surface area contributed by atoms with E-state index in [4.69, 9.17) is 0 Å². The van der Waals surface area contributed by atoms with Crippen LogP contribution in [0.4, 0.5) is 13.2 Å². The van der Waals surface area contributed by atoms with Crippen LogP contribution in [-0.4, -0.2) is 15.6 Å². The van der Waals surface area contributed by atoms with Gasteiger partial charge in [-0.2, -0.15) is 18.3 Å². The molecule has 140 valence electrons. The number of aromatic nitrogens is 2. The standard InChI is InChI=1S/C20H17F3N2O2/c1-12-7-8-13(10-17(12)20(21,22)23)9-14(26)11-18-15-5-3-4-6-16(15)19(27)25(2)24-18/h3-8,10H,9,11H2,1-2H3. The normalized spacial score (nSPS) is 11.7. The predicted octanol–water partition coefficient (Wildman–Crippen LogP) is 3.62. The van der Waals surface area contributed by atoms with E-state index in [0.717, 1.165) is 6.07 Å². The van der Waals surface area contributed by atoms with Crippen molar-refractivity contribution in [2.45, 2.75) is 25.9 Å². The lowest BCUT2D eigenvalue weighted by Gasteiger charge is -2.12. The molecule has 2 aromatic carbocycles. The maximum atomic E-state index is 13.0. The summed E-state index contributed by atoms with van der Waals surface area (Å²) in [6.45, 7) is 1.38.